The SMILES string of the molecule is CC(=NNc1ccc(C(=O)O)cc1)c1cc(C(F)(F)C(F)(F)C(F)(F)F)[nH]n1. The van der Waals surface area contributed by atoms with Gasteiger partial charge in [0.2, 0.25) is 0 Å². The number of carboxylic acid groups (broad SMARTS) is 1. The first-order chi connectivity index (χ1) is 12.8. The molecule has 1 aromatic heterocycles. The number of rotatable bonds is 6. The van der Waals surface area contributed by atoms with Crippen molar-refractivity contribution >= 4 is 17.4 Å². The maximum atomic E-state index is 13.6. The van der Waals surface area contributed by atoms with E-state index in [9.17, 15) is 35.5 Å². The first-order valence-electron chi connectivity index (χ1n) is 7.29. The predicted octanol–water partition coefficient (Wildman–Crippen LogP) is 4.23. The van der Waals surface area contributed by atoms with Gasteiger partial charge in [-0.3, -0.25) is 10.5 Å². The van der Waals surface area contributed by atoms with Gasteiger partial charge in [-0.2, -0.15) is 40.9 Å². The number of nitrogens with one attached hydrogen (secondary N) is 2. The number of hydrogen-bond acceptors (Lipinski definition) is 4. The van der Waals surface area contributed by atoms with Crippen molar-refractivity contribution in [2.75, 3.05) is 5.43 Å². The van der Waals surface area contributed by atoms with Crippen LogP contribution in [0.2, 0.25) is 0 Å². The number of carboxylic acids is 1. The van der Waals surface area contributed by atoms with Crippen molar-refractivity contribution in [1.29, 1.82) is 0 Å². The Kier molecular flexibility index (Phi) is 5.39. The van der Waals surface area contributed by atoms with Gasteiger partial charge in [-0.05, 0) is 37.3 Å². The Bertz CT molecular complexity index is 889. The Hall–Kier alpha value is -3.12. The Morgan fingerprint density at radius 3 is 2.18 bits per heavy atom. The predicted molar refractivity (Wildman–Crippen MR) is 82.7 cm³/mol. The monoisotopic (exact) mass is 412 g/mol. The molecule has 0 radical (unpaired) electrons. The smallest absolute Gasteiger partial charge is 0.460 e. The summed E-state index contributed by atoms with van der Waals surface area (Å²) in [5.41, 5.74) is 0.487. The summed E-state index contributed by atoms with van der Waals surface area (Å²) < 4.78 is 90.0. The second-order valence-corrected chi connectivity index (χ2v) is 5.50. The van der Waals surface area contributed by atoms with Crippen molar-refractivity contribution < 1.29 is 40.6 Å². The maximum Gasteiger partial charge on any atom is 0.460 e. The van der Waals surface area contributed by atoms with Crippen LogP contribution in [0.3, 0.4) is 0 Å². The Morgan fingerprint density at radius 1 is 1.11 bits per heavy atom. The van der Waals surface area contributed by atoms with Crippen molar-refractivity contribution in [1.82, 2.24) is 10.2 Å². The zero-order chi connectivity index (χ0) is 21.3. The molecule has 0 atom stereocenters. The lowest BCUT2D eigenvalue weighted by Gasteiger charge is -2.26. The summed E-state index contributed by atoms with van der Waals surface area (Å²) in [6.45, 7) is 1.23. The van der Waals surface area contributed by atoms with Gasteiger partial charge in [0.1, 0.15) is 11.4 Å². The molecule has 0 fully saturated rings. The third kappa shape index (κ3) is 3.92. The zero-order valence-electron chi connectivity index (χ0n) is 13.8. The molecule has 0 aliphatic rings. The highest BCUT2D eigenvalue weighted by Crippen LogP contribution is 2.51. The van der Waals surface area contributed by atoms with E-state index >= 15 is 0 Å². The van der Waals surface area contributed by atoms with Crippen LogP contribution >= 0.6 is 0 Å². The molecule has 0 aliphatic carbocycles. The molecule has 0 saturated carbocycles. The third-order valence-electron chi connectivity index (χ3n) is 3.52. The van der Waals surface area contributed by atoms with Crippen LogP contribution in [-0.4, -0.2) is 39.1 Å². The van der Waals surface area contributed by atoms with Gasteiger partial charge in [-0.25, -0.2) is 4.79 Å². The van der Waals surface area contributed by atoms with Crippen LogP contribution in [0.4, 0.5) is 36.4 Å². The van der Waals surface area contributed by atoms with Gasteiger partial charge in [0.25, 0.3) is 0 Å². The maximum absolute atomic E-state index is 13.6. The summed E-state index contributed by atoms with van der Waals surface area (Å²) in [7, 11) is 0. The largest absolute Gasteiger partial charge is 0.478 e. The topological polar surface area (TPSA) is 90.4 Å². The van der Waals surface area contributed by atoms with Gasteiger partial charge >= 0.3 is 24.0 Å². The van der Waals surface area contributed by atoms with Gasteiger partial charge in [0, 0.05) is 0 Å². The Labute approximate surface area is 152 Å². The summed E-state index contributed by atoms with van der Waals surface area (Å²) >= 11 is 0. The molecule has 3 N–H and O–H groups in total. The first kappa shape index (κ1) is 21.2. The fourth-order valence-electron chi connectivity index (χ4n) is 1.91. The van der Waals surface area contributed by atoms with E-state index in [2.05, 4.69) is 15.6 Å². The lowest BCUT2D eigenvalue weighted by Crippen LogP contribution is -2.50. The van der Waals surface area contributed by atoms with Crippen LogP contribution in [0.25, 0.3) is 0 Å². The van der Waals surface area contributed by atoms with Crippen molar-refractivity contribution in [3.05, 3.63) is 47.3 Å². The second kappa shape index (κ2) is 7.13. The molecule has 0 unspecified atom stereocenters. The molecule has 1 heterocycles. The molecule has 2 aromatic rings. The lowest BCUT2D eigenvalue weighted by molar-refractivity contribution is -0.360. The van der Waals surface area contributed by atoms with Gasteiger partial charge < -0.3 is 5.11 Å². The highest BCUT2D eigenvalue weighted by atomic mass is 19.4. The average Bonchev–Trinajstić information content (AvgIpc) is 3.09. The van der Waals surface area contributed by atoms with Gasteiger partial charge in [-0.1, -0.05) is 0 Å². The van der Waals surface area contributed by atoms with Crippen molar-refractivity contribution in [2.24, 2.45) is 5.10 Å². The highest BCUT2D eigenvalue weighted by Gasteiger charge is 2.74. The molecule has 0 saturated heterocycles. The van der Waals surface area contributed by atoms with E-state index in [1.54, 1.807) is 0 Å². The van der Waals surface area contributed by atoms with Crippen LogP contribution in [0.5, 0.6) is 0 Å². The second-order valence-electron chi connectivity index (χ2n) is 5.50. The minimum atomic E-state index is -6.46. The van der Waals surface area contributed by atoms with Gasteiger partial charge in [0.15, 0.2) is 0 Å². The van der Waals surface area contributed by atoms with E-state index < -0.39 is 35.4 Å². The number of H-pyrrole nitrogens is 1. The number of benzene rings is 1. The summed E-state index contributed by atoms with van der Waals surface area (Å²) in [4.78, 5) is 10.7. The normalized spacial score (nSPS) is 13.5. The third-order valence-corrected chi connectivity index (χ3v) is 3.52. The molecule has 0 amide bonds. The fraction of sp³-hybridized carbons (Fsp3) is 0.267. The molecular formula is C15H11F7N4O2. The fourth-order valence-corrected chi connectivity index (χ4v) is 1.91. The zero-order valence-corrected chi connectivity index (χ0v) is 13.8. The number of hydrogen-bond donors (Lipinski definition) is 3. The number of carbonyl (C=O) groups is 1. The average molecular weight is 412 g/mol. The summed E-state index contributed by atoms with van der Waals surface area (Å²) in [5, 5.41) is 17.2. The molecule has 28 heavy (non-hydrogen) atoms. The number of aromatic carboxylic acids is 1. The van der Waals surface area contributed by atoms with Crippen LogP contribution in [0.15, 0.2) is 35.4 Å². The van der Waals surface area contributed by atoms with E-state index in [-0.39, 0.29) is 11.3 Å². The standard InChI is InChI=1S/C15H11F7N4O2/c1-7(23-24-9-4-2-8(3-5-9)12(27)28)10-6-11(26-25-10)13(16,17)14(18,19)15(20,21)22/h2-6,24H,1H3,(H,25,26)(H,27,28). The Balaban J connectivity index is 2.20. The van der Waals surface area contributed by atoms with E-state index in [0.717, 1.165) is 0 Å². The van der Waals surface area contributed by atoms with Crippen LogP contribution < -0.4 is 5.43 Å². The highest BCUT2D eigenvalue weighted by molar-refractivity contribution is 5.97. The van der Waals surface area contributed by atoms with Crippen molar-refractivity contribution in [2.45, 2.75) is 24.9 Å². The quantitative estimate of drug-likeness (QED) is 0.376. The number of nitrogens with zero attached hydrogens (tertiary/aromatic N) is 2. The van der Waals surface area contributed by atoms with Crippen LogP contribution in [-0.2, 0) is 5.92 Å². The van der Waals surface area contributed by atoms with E-state index in [1.165, 1.54) is 36.3 Å². The number of hydrazone groups is 1. The number of aromatic amines is 1. The Morgan fingerprint density at radius 2 is 1.68 bits per heavy atom. The van der Waals surface area contributed by atoms with Crippen LogP contribution in [0.1, 0.15) is 28.7 Å². The number of halogens is 7. The summed E-state index contributed by atoms with van der Waals surface area (Å²) in [6.07, 6.45) is -6.46. The molecule has 2 rings (SSSR count). The van der Waals surface area contributed by atoms with Crippen molar-refractivity contribution in [3.63, 3.8) is 0 Å². The molecule has 0 spiro atoms. The number of alkyl halides is 7. The summed E-state index contributed by atoms with van der Waals surface area (Å²) in [6, 6.07) is 5.51. The number of aromatic nitrogens is 2. The molecule has 0 bridgehead atoms. The van der Waals surface area contributed by atoms with Gasteiger partial charge in [-0.15, -0.1) is 0 Å². The van der Waals surface area contributed by atoms with E-state index in [0.29, 0.717) is 11.8 Å². The lowest BCUT2D eigenvalue weighted by atomic mass is 10.1. The van der Waals surface area contributed by atoms with Gasteiger partial charge in [0.05, 0.1) is 17.0 Å². The molecule has 1 aromatic carbocycles. The molecule has 6 nitrogen and oxygen atoms in total. The van der Waals surface area contributed by atoms with Crippen molar-refractivity contribution in [3.8, 4) is 0 Å². The number of anilines is 1. The molecule has 0 aliphatic heterocycles. The minimum absolute atomic E-state index is 0.00369. The first-order valence-corrected chi connectivity index (χ1v) is 7.29. The summed E-state index contributed by atoms with van der Waals surface area (Å²) in [5.74, 6) is -13.0. The molecular weight excluding hydrogens is 401 g/mol. The minimum Gasteiger partial charge on any atom is -0.478 e. The van der Waals surface area contributed by atoms with E-state index in [4.69, 9.17) is 5.11 Å². The molecule has 152 valence electrons. The molecule has 13 heteroatoms. The van der Waals surface area contributed by atoms with E-state index in [1.807, 2.05) is 0 Å². The van der Waals surface area contributed by atoms with Crippen LogP contribution in [0, 0.1) is 0 Å².